The van der Waals surface area contributed by atoms with Crippen LogP contribution in [0, 0.1) is 0 Å². The maximum Gasteiger partial charge on any atom is 0.272 e. The van der Waals surface area contributed by atoms with Crippen LogP contribution in [-0.2, 0) is 11.2 Å². The number of hydrogen-bond donors (Lipinski definition) is 0. The van der Waals surface area contributed by atoms with Crippen molar-refractivity contribution in [2.75, 3.05) is 13.7 Å². The van der Waals surface area contributed by atoms with Crippen LogP contribution < -0.4 is 4.74 Å². The first-order valence-electron chi connectivity index (χ1n) is 10.3. The lowest BCUT2D eigenvalue weighted by Gasteiger charge is -2.35. The van der Waals surface area contributed by atoms with E-state index in [-0.39, 0.29) is 11.8 Å². The molecule has 0 saturated carbocycles. The molecule has 2 heterocycles. The number of methoxy groups -OCH3 is 1. The molecule has 1 unspecified atom stereocenters. The molecule has 0 aliphatic carbocycles. The van der Waals surface area contributed by atoms with Gasteiger partial charge in [0.05, 0.1) is 7.11 Å². The number of nitrogens with zero attached hydrogens (tertiary/aromatic N) is 2. The summed E-state index contributed by atoms with van der Waals surface area (Å²) in [6, 6.07) is 24.6. The first-order chi connectivity index (χ1) is 15.2. The SMILES string of the molecule is COc1ccc2c(c1)CCN1C(=O)/C(=C\c3ccccc3)N(C(=O)c3ccccc3)C21. The molecule has 3 aromatic rings. The Kier molecular flexibility index (Phi) is 4.79. The fourth-order valence-electron chi connectivity index (χ4n) is 4.36. The van der Waals surface area contributed by atoms with Crippen LogP contribution in [-0.4, -0.2) is 35.3 Å². The van der Waals surface area contributed by atoms with Crippen molar-refractivity contribution in [2.45, 2.75) is 12.6 Å². The van der Waals surface area contributed by atoms with E-state index in [1.54, 1.807) is 29.0 Å². The Balaban J connectivity index is 1.67. The standard InChI is InChI=1S/C26H22N2O3/c1-31-21-12-13-22-20(17-21)14-15-27-24(22)28(25(29)19-10-6-3-7-11-19)23(26(27)30)16-18-8-4-2-5-9-18/h2-13,16-17,24H,14-15H2,1H3/b23-16+. The molecular weight excluding hydrogens is 388 g/mol. The van der Waals surface area contributed by atoms with Crippen molar-refractivity contribution in [3.8, 4) is 5.75 Å². The number of ether oxygens (including phenoxy) is 1. The molecule has 154 valence electrons. The van der Waals surface area contributed by atoms with Gasteiger partial charge in [0, 0.05) is 12.1 Å². The van der Waals surface area contributed by atoms with Gasteiger partial charge in [0.25, 0.3) is 11.8 Å². The minimum Gasteiger partial charge on any atom is -0.497 e. The molecule has 1 atom stereocenters. The number of fused-ring (bicyclic) bond motifs is 3. The second-order valence-corrected chi connectivity index (χ2v) is 7.67. The van der Waals surface area contributed by atoms with Crippen LogP contribution in [0.1, 0.15) is 33.2 Å². The van der Waals surface area contributed by atoms with Gasteiger partial charge in [-0.1, -0.05) is 54.6 Å². The van der Waals surface area contributed by atoms with Gasteiger partial charge in [-0.25, -0.2) is 0 Å². The summed E-state index contributed by atoms with van der Waals surface area (Å²) in [5, 5.41) is 0. The van der Waals surface area contributed by atoms with Crippen molar-refractivity contribution >= 4 is 17.9 Å². The maximum absolute atomic E-state index is 13.7. The van der Waals surface area contributed by atoms with Gasteiger partial charge in [0.2, 0.25) is 0 Å². The first kappa shape index (κ1) is 19.1. The Hall–Kier alpha value is -3.86. The van der Waals surface area contributed by atoms with Crippen molar-refractivity contribution in [2.24, 2.45) is 0 Å². The van der Waals surface area contributed by atoms with Crippen LogP contribution >= 0.6 is 0 Å². The predicted octanol–water partition coefficient (Wildman–Crippen LogP) is 4.28. The zero-order valence-corrected chi connectivity index (χ0v) is 17.2. The molecule has 0 aromatic heterocycles. The van der Waals surface area contributed by atoms with Crippen LogP contribution in [0.3, 0.4) is 0 Å². The van der Waals surface area contributed by atoms with Gasteiger partial charge in [-0.2, -0.15) is 0 Å². The molecule has 5 heteroatoms. The van der Waals surface area contributed by atoms with E-state index < -0.39 is 6.17 Å². The lowest BCUT2D eigenvalue weighted by Crippen LogP contribution is -2.39. The smallest absolute Gasteiger partial charge is 0.272 e. The highest BCUT2D eigenvalue weighted by Gasteiger charge is 2.48. The molecule has 0 spiro atoms. The van der Waals surface area contributed by atoms with Crippen LogP contribution in [0.2, 0.25) is 0 Å². The fraction of sp³-hybridized carbons (Fsp3) is 0.154. The van der Waals surface area contributed by atoms with E-state index in [2.05, 4.69) is 0 Å². The molecular formula is C26H22N2O3. The summed E-state index contributed by atoms with van der Waals surface area (Å²) >= 11 is 0. The van der Waals surface area contributed by atoms with E-state index in [1.165, 1.54) is 0 Å². The third kappa shape index (κ3) is 3.28. The van der Waals surface area contributed by atoms with Crippen LogP contribution in [0.15, 0.2) is 84.6 Å². The number of hydrogen-bond acceptors (Lipinski definition) is 3. The van der Waals surface area contributed by atoms with Gasteiger partial charge >= 0.3 is 0 Å². The summed E-state index contributed by atoms with van der Waals surface area (Å²) in [5.41, 5.74) is 3.89. The Morgan fingerprint density at radius 1 is 1.00 bits per heavy atom. The Morgan fingerprint density at radius 3 is 2.42 bits per heavy atom. The predicted molar refractivity (Wildman–Crippen MR) is 118 cm³/mol. The lowest BCUT2D eigenvalue weighted by molar-refractivity contribution is -0.126. The highest BCUT2D eigenvalue weighted by Crippen LogP contribution is 2.43. The number of benzene rings is 3. The van der Waals surface area contributed by atoms with Crippen molar-refractivity contribution in [1.82, 2.24) is 9.80 Å². The molecule has 1 saturated heterocycles. The van der Waals surface area contributed by atoms with Gasteiger partial charge in [-0.15, -0.1) is 0 Å². The van der Waals surface area contributed by atoms with Gasteiger partial charge in [0.15, 0.2) is 0 Å². The molecule has 5 nitrogen and oxygen atoms in total. The van der Waals surface area contributed by atoms with Crippen molar-refractivity contribution in [3.05, 3.63) is 107 Å². The van der Waals surface area contributed by atoms with Gasteiger partial charge in [0.1, 0.15) is 17.6 Å². The van der Waals surface area contributed by atoms with Crippen LogP contribution in [0.25, 0.3) is 6.08 Å². The molecule has 2 aliphatic rings. The Labute approximate surface area is 181 Å². The van der Waals surface area contributed by atoms with Gasteiger partial charge < -0.3 is 9.64 Å². The second-order valence-electron chi connectivity index (χ2n) is 7.67. The summed E-state index contributed by atoms with van der Waals surface area (Å²) < 4.78 is 5.38. The van der Waals surface area contributed by atoms with Gasteiger partial charge in [-0.05, 0) is 53.5 Å². The van der Waals surface area contributed by atoms with Crippen LogP contribution in [0.4, 0.5) is 0 Å². The van der Waals surface area contributed by atoms with Crippen molar-refractivity contribution < 1.29 is 14.3 Å². The largest absolute Gasteiger partial charge is 0.497 e. The van der Waals surface area contributed by atoms with E-state index in [4.69, 9.17) is 4.74 Å². The summed E-state index contributed by atoms with van der Waals surface area (Å²) in [6.45, 7) is 0.550. The summed E-state index contributed by atoms with van der Waals surface area (Å²) in [4.78, 5) is 30.6. The number of carbonyl (C=O) groups is 2. The molecule has 31 heavy (non-hydrogen) atoms. The lowest BCUT2D eigenvalue weighted by atomic mass is 9.96. The molecule has 0 bridgehead atoms. The molecule has 0 radical (unpaired) electrons. The van der Waals surface area contributed by atoms with E-state index in [9.17, 15) is 9.59 Å². The topological polar surface area (TPSA) is 49.9 Å². The number of rotatable bonds is 3. The Morgan fingerprint density at radius 2 is 1.71 bits per heavy atom. The average Bonchev–Trinajstić information content (AvgIpc) is 3.11. The molecule has 3 aromatic carbocycles. The van der Waals surface area contributed by atoms with E-state index in [0.717, 1.165) is 28.9 Å². The summed E-state index contributed by atoms with van der Waals surface area (Å²) in [6.07, 6.45) is 2.07. The van der Waals surface area contributed by atoms with E-state index in [0.29, 0.717) is 17.8 Å². The quantitative estimate of drug-likeness (QED) is 0.606. The summed E-state index contributed by atoms with van der Waals surface area (Å²) in [5.74, 6) is 0.462. The van der Waals surface area contributed by atoms with E-state index >= 15 is 0 Å². The zero-order chi connectivity index (χ0) is 21.4. The van der Waals surface area contributed by atoms with E-state index in [1.807, 2.05) is 72.8 Å². The molecule has 2 aliphatic heterocycles. The zero-order valence-electron chi connectivity index (χ0n) is 17.2. The maximum atomic E-state index is 13.7. The normalized spacial score (nSPS) is 18.7. The minimum atomic E-state index is -0.468. The molecule has 2 amide bonds. The molecule has 1 fully saturated rings. The highest BCUT2D eigenvalue weighted by molar-refractivity contribution is 6.08. The first-order valence-corrected chi connectivity index (χ1v) is 10.3. The monoisotopic (exact) mass is 410 g/mol. The van der Waals surface area contributed by atoms with Crippen molar-refractivity contribution in [1.29, 1.82) is 0 Å². The molecule has 0 N–H and O–H groups in total. The third-order valence-electron chi connectivity index (χ3n) is 5.87. The number of carbonyl (C=O) groups excluding carboxylic acids is 2. The molecule has 5 rings (SSSR count). The van der Waals surface area contributed by atoms with Crippen LogP contribution in [0.5, 0.6) is 5.75 Å². The Bertz CT molecular complexity index is 1170. The second kappa shape index (κ2) is 7.76. The summed E-state index contributed by atoms with van der Waals surface area (Å²) in [7, 11) is 1.64. The van der Waals surface area contributed by atoms with Gasteiger partial charge in [-0.3, -0.25) is 14.5 Å². The van der Waals surface area contributed by atoms with Crippen molar-refractivity contribution in [3.63, 3.8) is 0 Å². The number of amides is 2. The fourth-order valence-corrected chi connectivity index (χ4v) is 4.36. The highest BCUT2D eigenvalue weighted by atomic mass is 16.5. The third-order valence-corrected chi connectivity index (χ3v) is 5.87. The minimum absolute atomic E-state index is 0.125. The average molecular weight is 410 g/mol.